The van der Waals surface area contributed by atoms with E-state index < -0.39 is 10.5 Å². The SMILES string of the molecule is O=c1oc2ccccc2cc1-c1cn(-c2ccc(Br)cc2)c(SCc2ccc([N+](=O)[O-])cc2)n1. The molecule has 0 saturated carbocycles. The molecule has 5 aromatic rings. The van der Waals surface area contributed by atoms with E-state index in [0.717, 1.165) is 21.1 Å². The van der Waals surface area contributed by atoms with Crippen LogP contribution in [0.25, 0.3) is 27.9 Å². The maximum atomic E-state index is 12.7. The fraction of sp³-hybridized carbons (Fsp3) is 0.0400. The number of nitro benzene ring substituents is 1. The predicted octanol–water partition coefficient (Wildman–Crippen LogP) is 6.61. The molecule has 3 aromatic carbocycles. The number of hydrogen-bond donors (Lipinski definition) is 0. The maximum absolute atomic E-state index is 12.7. The Morgan fingerprint density at radius 1 is 1.03 bits per heavy atom. The Hall–Kier alpha value is -3.69. The number of imidazole rings is 1. The van der Waals surface area contributed by atoms with Crippen LogP contribution < -0.4 is 5.63 Å². The summed E-state index contributed by atoms with van der Waals surface area (Å²) in [5.74, 6) is 0.553. The van der Waals surface area contributed by atoms with Gasteiger partial charge in [0.25, 0.3) is 5.69 Å². The number of nitrogens with zero attached hydrogens (tertiary/aromatic N) is 3. The van der Waals surface area contributed by atoms with Gasteiger partial charge in [0.05, 0.1) is 16.2 Å². The van der Waals surface area contributed by atoms with Crippen molar-refractivity contribution in [1.82, 2.24) is 9.55 Å². The van der Waals surface area contributed by atoms with Crippen LogP contribution in [0.5, 0.6) is 0 Å². The number of benzene rings is 3. The van der Waals surface area contributed by atoms with Crippen molar-refractivity contribution in [2.45, 2.75) is 10.9 Å². The van der Waals surface area contributed by atoms with E-state index in [-0.39, 0.29) is 5.69 Å². The van der Waals surface area contributed by atoms with Crippen LogP contribution in [0.2, 0.25) is 0 Å². The largest absolute Gasteiger partial charge is 0.422 e. The van der Waals surface area contributed by atoms with E-state index in [0.29, 0.717) is 27.7 Å². The molecule has 9 heteroatoms. The van der Waals surface area contributed by atoms with E-state index in [2.05, 4.69) is 15.9 Å². The number of nitro groups is 1. The van der Waals surface area contributed by atoms with E-state index in [1.165, 1.54) is 23.9 Å². The zero-order valence-corrected chi connectivity index (χ0v) is 20.0. The van der Waals surface area contributed by atoms with E-state index >= 15 is 0 Å². The van der Waals surface area contributed by atoms with Crippen LogP contribution in [0.3, 0.4) is 0 Å². The minimum atomic E-state index is -0.453. The van der Waals surface area contributed by atoms with Gasteiger partial charge < -0.3 is 4.42 Å². The van der Waals surface area contributed by atoms with Crippen molar-refractivity contribution in [1.29, 1.82) is 0 Å². The molecule has 5 rings (SSSR count). The smallest absolute Gasteiger partial charge is 0.345 e. The number of fused-ring (bicyclic) bond motifs is 1. The summed E-state index contributed by atoms with van der Waals surface area (Å²) < 4.78 is 8.38. The standard InChI is InChI=1S/C25H16BrN3O4S/c26-18-7-11-19(12-8-18)28-14-22(21-13-17-3-1-2-4-23(17)33-24(21)30)27-25(28)34-15-16-5-9-20(10-6-16)29(31)32/h1-14H,15H2. The van der Waals surface area contributed by atoms with E-state index in [4.69, 9.17) is 9.40 Å². The molecule has 2 aromatic heterocycles. The van der Waals surface area contributed by atoms with Gasteiger partial charge in [-0.1, -0.05) is 58.0 Å². The molecule has 0 bridgehead atoms. The molecule has 0 N–H and O–H groups in total. The van der Waals surface area contributed by atoms with Gasteiger partial charge in [0.2, 0.25) is 0 Å². The first-order valence-electron chi connectivity index (χ1n) is 10.2. The Labute approximate surface area is 206 Å². The van der Waals surface area contributed by atoms with Gasteiger partial charge in [-0.25, -0.2) is 9.78 Å². The number of rotatable bonds is 6. The van der Waals surface area contributed by atoms with Crippen LogP contribution in [0, 0.1) is 10.1 Å². The summed E-state index contributed by atoms with van der Waals surface area (Å²) in [7, 11) is 0. The van der Waals surface area contributed by atoms with Gasteiger partial charge in [0.1, 0.15) is 5.58 Å². The lowest BCUT2D eigenvalue weighted by Crippen LogP contribution is -2.02. The predicted molar refractivity (Wildman–Crippen MR) is 135 cm³/mol. The lowest BCUT2D eigenvalue weighted by molar-refractivity contribution is -0.384. The monoisotopic (exact) mass is 533 g/mol. The first kappa shape index (κ1) is 22.1. The highest BCUT2D eigenvalue weighted by Gasteiger charge is 2.16. The van der Waals surface area contributed by atoms with Gasteiger partial charge in [-0.15, -0.1) is 0 Å². The minimum Gasteiger partial charge on any atom is -0.422 e. The van der Waals surface area contributed by atoms with Crippen LogP contribution in [-0.2, 0) is 5.75 Å². The Morgan fingerprint density at radius 3 is 2.50 bits per heavy atom. The van der Waals surface area contributed by atoms with Crippen molar-refractivity contribution in [2.75, 3.05) is 0 Å². The van der Waals surface area contributed by atoms with Crippen molar-refractivity contribution < 1.29 is 9.34 Å². The van der Waals surface area contributed by atoms with E-state index in [1.807, 2.05) is 53.2 Å². The molecule has 0 spiro atoms. The zero-order chi connectivity index (χ0) is 23.7. The van der Waals surface area contributed by atoms with Crippen molar-refractivity contribution in [3.63, 3.8) is 0 Å². The fourth-order valence-electron chi connectivity index (χ4n) is 3.48. The average molecular weight is 534 g/mol. The second kappa shape index (κ2) is 9.28. The lowest BCUT2D eigenvalue weighted by atomic mass is 10.1. The first-order valence-corrected chi connectivity index (χ1v) is 12.0. The summed E-state index contributed by atoms with van der Waals surface area (Å²) in [4.78, 5) is 28.0. The highest BCUT2D eigenvalue weighted by Crippen LogP contribution is 2.30. The molecule has 168 valence electrons. The van der Waals surface area contributed by atoms with Crippen molar-refractivity contribution in [2.24, 2.45) is 0 Å². The van der Waals surface area contributed by atoms with Crippen LogP contribution in [0.4, 0.5) is 5.69 Å². The molecule has 0 amide bonds. The van der Waals surface area contributed by atoms with Crippen molar-refractivity contribution in [3.8, 4) is 16.9 Å². The summed E-state index contributed by atoms with van der Waals surface area (Å²) in [5, 5.41) is 12.4. The van der Waals surface area contributed by atoms with Crippen molar-refractivity contribution >= 4 is 44.3 Å². The summed E-state index contributed by atoms with van der Waals surface area (Å²) >= 11 is 4.93. The zero-order valence-electron chi connectivity index (χ0n) is 17.6. The normalized spacial score (nSPS) is 11.1. The number of aromatic nitrogens is 2. The number of non-ortho nitro benzene ring substituents is 1. The molecule has 0 atom stereocenters. The first-order chi connectivity index (χ1) is 16.5. The highest BCUT2D eigenvalue weighted by atomic mass is 79.9. The lowest BCUT2D eigenvalue weighted by Gasteiger charge is -2.07. The third-order valence-corrected chi connectivity index (χ3v) is 6.76. The summed E-state index contributed by atoms with van der Waals surface area (Å²) in [5.41, 5.74) is 2.82. The van der Waals surface area contributed by atoms with E-state index in [9.17, 15) is 14.9 Å². The third kappa shape index (κ3) is 4.52. The number of thioether (sulfide) groups is 1. The molecule has 7 nitrogen and oxygen atoms in total. The Bertz CT molecular complexity index is 1560. The highest BCUT2D eigenvalue weighted by molar-refractivity contribution is 9.10. The fourth-order valence-corrected chi connectivity index (χ4v) is 4.70. The molecule has 0 aliphatic carbocycles. The average Bonchev–Trinajstić information content (AvgIpc) is 3.27. The Morgan fingerprint density at radius 2 is 1.76 bits per heavy atom. The summed E-state index contributed by atoms with van der Waals surface area (Å²) in [6.07, 6.45) is 1.82. The van der Waals surface area contributed by atoms with Crippen LogP contribution in [0.1, 0.15) is 5.56 Å². The maximum Gasteiger partial charge on any atom is 0.345 e. The van der Waals surface area contributed by atoms with Gasteiger partial charge in [0.15, 0.2) is 5.16 Å². The molecule has 0 fully saturated rings. The van der Waals surface area contributed by atoms with Crippen LogP contribution in [-0.4, -0.2) is 14.5 Å². The molecule has 0 aliphatic rings. The van der Waals surface area contributed by atoms with Gasteiger partial charge in [0, 0.05) is 39.6 Å². The molecule has 0 radical (unpaired) electrons. The van der Waals surface area contributed by atoms with Gasteiger partial charge in [-0.2, -0.15) is 0 Å². The van der Waals surface area contributed by atoms with Gasteiger partial charge in [-0.3, -0.25) is 14.7 Å². The number of para-hydroxylation sites is 1. The summed E-state index contributed by atoms with van der Waals surface area (Å²) in [6.45, 7) is 0. The second-order valence-corrected chi connectivity index (χ2v) is 9.31. The van der Waals surface area contributed by atoms with E-state index in [1.54, 1.807) is 24.3 Å². The summed E-state index contributed by atoms with van der Waals surface area (Å²) in [6, 6.07) is 23.4. The Balaban J connectivity index is 1.53. The second-order valence-electron chi connectivity index (χ2n) is 7.45. The molecule has 2 heterocycles. The van der Waals surface area contributed by atoms with Crippen molar-refractivity contribution in [3.05, 3.63) is 116 Å². The number of halogens is 1. The van der Waals surface area contributed by atoms with Gasteiger partial charge >= 0.3 is 5.63 Å². The third-order valence-electron chi connectivity index (χ3n) is 5.21. The molecule has 0 aliphatic heterocycles. The molecule has 34 heavy (non-hydrogen) atoms. The molecular formula is C25H16BrN3O4S. The van der Waals surface area contributed by atoms with Crippen LogP contribution >= 0.6 is 27.7 Å². The molecular weight excluding hydrogens is 518 g/mol. The molecule has 0 saturated heterocycles. The number of hydrogen-bond acceptors (Lipinski definition) is 6. The Kier molecular flexibility index (Phi) is 6.04. The minimum absolute atomic E-state index is 0.0513. The quantitative estimate of drug-likeness (QED) is 0.105. The van der Waals surface area contributed by atoms with Crippen LogP contribution in [0.15, 0.2) is 104 Å². The topological polar surface area (TPSA) is 91.2 Å². The van der Waals surface area contributed by atoms with Gasteiger partial charge in [-0.05, 0) is 42.0 Å². The molecule has 0 unspecified atom stereocenters.